The van der Waals surface area contributed by atoms with E-state index in [1.54, 1.807) is 30.6 Å². The Balaban J connectivity index is 1.99. The van der Waals surface area contributed by atoms with Gasteiger partial charge in [-0.05, 0) is 30.7 Å². The smallest absolute Gasteiger partial charge is 0.342 e. The van der Waals surface area contributed by atoms with Crippen molar-refractivity contribution in [1.82, 2.24) is 4.98 Å². The van der Waals surface area contributed by atoms with Gasteiger partial charge in [0.05, 0.1) is 18.9 Å². The minimum atomic E-state index is -0.436. The summed E-state index contributed by atoms with van der Waals surface area (Å²) in [5, 5.41) is 0. The predicted molar refractivity (Wildman–Crippen MR) is 80.2 cm³/mol. The van der Waals surface area contributed by atoms with Crippen LogP contribution in [0, 0.1) is 0 Å². The van der Waals surface area contributed by atoms with Crippen LogP contribution in [0.4, 0.5) is 5.69 Å². The van der Waals surface area contributed by atoms with E-state index in [2.05, 4.69) is 4.98 Å². The number of nitrogen functional groups attached to an aromatic ring is 1. The molecule has 2 aromatic rings. The van der Waals surface area contributed by atoms with Crippen molar-refractivity contribution >= 4 is 11.7 Å². The number of nitrogens with zero attached hydrogens (tertiary/aromatic N) is 1. The first-order valence-electron chi connectivity index (χ1n) is 6.79. The van der Waals surface area contributed by atoms with E-state index in [-0.39, 0.29) is 6.61 Å². The van der Waals surface area contributed by atoms with Crippen molar-refractivity contribution in [3.63, 3.8) is 0 Å². The van der Waals surface area contributed by atoms with Crippen LogP contribution in [0.2, 0.25) is 0 Å². The molecule has 1 heterocycles. The highest BCUT2D eigenvalue weighted by Gasteiger charge is 2.16. The van der Waals surface area contributed by atoms with Gasteiger partial charge >= 0.3 is 5.97 Å². The molecular formula is C16H18N2O3. The number of anilines is 1. The van der Waals surface area contributed by atoms with Gasteiger partial charge in [-0.3, -0.25) is 4.98 Å². The van der Waals surface area contributed by atoms with Crippen LogP contribution in [-0.2, 0) is 11.2 Å². The average Bonchev–Trinajstić information content (AvgIpc) is 2.50. The van der Waals surface area contributed by atoms with Crippen molar-refractivity contribution in [2.75, 3.05) is 18.9 Å². The van der Waals surface area contributed by atoms with E-state index in [1.807, 2.05) is 19.1 Å². The number of rotatable bonds is 6. The maximum Gasteiger partial charge on any atom is 0.342 e. The maximum atomic E-state index is 12.1. The van der Waals surface area contributed by atoms with Gasteiger partial charge < -0.3 is 15.2 Å². The number of pyridine rings is 1. The highest BCUT2D eigenvalue weighted by Crippen LogP contribution is 2.27. The third-order valence-corrected chi connectivity index (χ3v) is 2.90. The quantitative estimate of drug-likeness (QED) is 0.652. The molecular weight excluding hydrogens is 268 g/mol. The molecule has 0 radical (unpaired) electrons. The minimum absolute atomic E-state index is 0.283. The molecule has 1 aromatic heterocycles. The first-order chi connectivity index (χ1) is 10.2. The number of aromatic nitrogens is 1. The second-order valence-electron chi connectivity index (χ2n) is 4.40. The van der Waals surface area contributed by atoms with Crippen LogP contribution >= 0.6 is 0 Å². The largest absolute Gasteiger partial charge is 0.491 e. The number of hydrogen-bond acceptors (Lipinski definition) is 5. The van der Waals surface area contributed by atoms with Gasteiger partial charge in [-0.25, -0.2) is 4.79 Å². The molecule has 2 N–H and O–H groups in total. The van der Waals surface area contributed by atoms with E-state index in [9.17, 15) is 4.79 Å². The lowest BCUT2D eigenvalue weighted by molar-refractivity contribution is 0.0505. The Morgan fingerprint density at radius 2 is 2.14 bits per heavy atom. The SMILES string of the molecule is CCOc1c(N)cccc1C(=O)OCCc1cccnc1. The fraction of sp³-hybridized carbons (Fsp3) is 0.250. The van der Waals surface area contributed by atoms with Crippen molar-refractivity contribution in [2.24, 2.45) is 0 Å². The van der Waals surface area contributed by atoms with E-state index in [0.717, 1.165) is 5.56 Å². The molecule has 0 unspecified atom stereocenters. The van der Waals surface area contributed by atoms with Crippen molar-refractivity contribution in [2.45, 2.75) is 13.3 Å². The summed E-state index contributed by atoms with van der Waals surface area (Å²) >= 11 is 0. The number of hydrogen-bond donors (Lipinski definition) is 1. The fourth-order valence-corrected chi connectivity index (χ4v) is 1.91. The zero-order valence-electron chi connectivity index (χ0n) is 11.9. The van der Waals surface area contributed by atoms with Gasteiger partial charge in [-0.1, -0.05) is 12.1 Å². The van der Waals surface area contributed by atoms with Crippen LogP contribution in [-0.4, -0.2) is 24.2 Å². The molecule has 0 aliphatic rings. The van der Waals surface area contributed by atoms with Crippen LogP contribution in [0.25, 0.3) is 0 Å². The second kappa shape index (κ2) is 7.28. The summed E-state index contributed by atoms with van der Waals surface area (Å²) in [6, 6.07) is 8.83. The Hall–Kier alpha value is -2.56. The highest BCUT2D eigenvalue weighted by molar-refractivity contribution is 5.94. The molecule has 1 aromatic carbocycles. The van der Waals surface area contributed by atoms with Gasteiger partial charge in [0.1, 0.15) is 5.56 Å². The van der Waals surface area contributed by atoms with Gasteiger partial charge in [-0.2, -0.15) is 0 Å². The normalized spacial score (nSPS) is 10.1. The molecule has 0 saturated carbocycles. The number of carbonyl (C=O) groups is 1. The monoisotopic (exact) mass is 286 g/mol. The summed E-state index contributed by atoms with van der Waals surface area (Å²) in [7, 11) is 0. The van der Waals surface area contributed by atoms with Crippen molar-refractivity contribution < 1.29 is 14.3 Å². The summed E-state index contributed by atoms with van der Waals surface area (Å²) in [6.07, 6.45) is 4.07. The van der Waals surface area contributed by atoms with E-state index in [0.29, 0.717) is 30.0 Å². The van der Waals surface area contributed by atoms with E-state index >= 15 is 0 Å². The molecule has 2 rings (SSSR count). The van der Waals surface area contributed by atoms with Crippen LogP contribution in [0.15, 0.2) is 42.7 Å². The molecule has 0 saturated heterocycles. The predicted octanol–water partition coefficient (Wildman–Crippen LogP) is 2.46. The van der Waals surface area contributed by atoms with Gasteiger partial charge in [0.25, 0.3) is 0 Å². The summed E-state index contributed by atoms with van der Waals surface area (Å²) < 4.78 is 10.7. The molecule has 21 heavy (non-hydrogen) atoms. The molecule has 0 aliphatic carbocycles. The molecule has 5 heteroatoms. The number of carbonyl (C=O) groups excluding carboxylic acids is 1. The fourth-order valence-electron chi connectivity index (χ4n) is 1.91. The molecule has 5 nitrogen and oxygen atoms in total. The van der Waals surface area contributed by atoms with Gasteiger partial charge in [0.15, 0.2) is 5.75 Å². The molecule has 0 spiro atoms. The molecule has 0 atom stereocenters. The number of esters is 1. The number of ether oxygens (including phenoxy) is 2. The van der Waals surface area contributed by atoms with Gasteiger partial charge in [0.2, 0.25) is 0 Å². The number of nitrogens with two attached hydrogens (primary N) is 1. The Morgan fingerprint density at radius 3 is 2.86 bits per heavy atom. The standard InChI is InChI=1S/C16H18N2O3/c1-2-20-15-13(6-3-7-14(15)17)16(19)21-10-8-12-5-4-9-18-11-12/h3-7,9,11H,2,8,10,17H2,1H3. The lowest BCUT2D eigenvalue weighted by Crippen LogP contribution is -2.11. The third kappa shape index (κ3) is 3.95. The molecule has 0 amide bonds. The molecule has 0 fully saturated rings. The Morgan fingerprint density at radius 1 is 1.29 bits per heavy atom. The second-order valence-corrected chi connectivity index (χ2v) is 4.40. The topological polar surface area (TPSA) is 74.4 Å². The van der Waals surface area contributed by atoms with Crippen LogP contribution in [0.1, 0.15) is 22.8 Å². The van der Waals surface area contributed by atoms with E-state index in [1.165, 1.54) is 0 Å². The summed E-state index contributed by atoms with van der Waals surface area (Å²) in [5.41, 5.74) is 7.62. The van der Waals surface area contributed by atoms with Crippen LogP contribution in [0.3, 0.4) is 0 Å². The van der Waals surface area contributed by atoms with Crippen molar-refractivity contribution in [1.29, 1.82) is 0 Å². The Labute approximate surface area is 123 Å². The Bertz CT molecular complexity index is 600. The van der Waals surface area contributed by atoms with E-state index < -0.39 is 5.97 Å². The number of benzene rings is 1. The highest BCUT2D eigenvalue weighted by atomic mass is 16.5. The van der Waals surface area contributed by atoms with Gasteiger partial charge in [0, 0.05) is 18.8 Å². The zero-order chi connectivity index (χ0) is 15.1. The molecule has 0 bridgehead atoms. The van der Waals surface area contributed by atoms with Crippen LogP contribution in [0.5, 0.6) is 5.75 Å². The summed E-state index contributed by atoms with van der Waals surface area (Å²) in [5.74, 6) is -0.0546. The Kier molecular flexibility index (Phi) is 5.15. The van der Waals surface area contributed by atoms with Crippen molar-refractivity contribution in [3.8, 4) is 5.75 Å². The third-order valence-electron chi connectivity index (χ3n) is 2.90. The zero-order valence-corrected chi connectivity index (χ0v) is 11.9. The lowest BCUT2D eigenvalue weighted by Gasteiger charge is -2.12. The maximum absolute atomic E-state index is 12.1. The first-order valence-corrected chi connectivity index (χ1v) is 6.79. The molecule has 110 valence electrons. The molecule has 0 aliphatic heterocycles. The number of para-hydroxylation sites is 1. The summed E-state index contributed by atoms with van der Waals surface area (Å²) in [6.45, 7) is 2.55. The van der Waals surface area contributed by atoms with E-state index in [4.69, 9.17) is 15.2 Å². The van der Waals surface area contributed by atoms with Gasteiger partial charge in [-0.15, -0.1) is 0 Å². The summed E-state index contributed by atoms with van der Waals surface area (Å²) in [4.78, 5) is 16.1. The lowest BCUT2D eigenvalue weighted by atomic mass is 10.1. The van der Waals surface area contributed by atoms with Crippen molar-refractivity contribution in [3.05, 3.63) is 53.9 Å². The average molecular weight is 286 g/mol. The minimum Gasteiger partial charge on any atom is -0.491 e. The van der Waals surface area contributed by atoms with Crippen LogP contribution < -0.4 is 10.5 Å². The first kappa shape index (κ1) is 14.8.